The average Bonchev–Trinajstić information content (AvgIpc) is 2.43. The number of hydrogen-bond donors (Lipinski definition) is 2. The van der Waals surface area contributed by atoms with Gasteiger partial charge in [-0.1, -0.05) is 0 Å². The van der Waals surface area contributed by atoms with Crippen LogP contribution in [0.4, 0.5) is 20.1 Å². The average molecular weight is 381 g/mol. The van der Waals surface area contributed by atoms with Crippen LogP contribution >= 0.6 is 0 Å². The molecular formula is C17H23N3O7. The molecule has 1 heterocycles. The van der Waals surface area contributed by atoms with E-state index in [1.54, 1.807) is 46.9 Å². The Morgan fingerprint density at radius 1 is 0.963 bits per heavy atom. The van der Waals surface area contributed by atoms with Crippen LogP contribution in [0.2, 0.25) is 0 Å². The van der Waals surface area contributed by atoms with Gasteiger partial charge in [-0.2, -0.15) is 4.90 Å². The lowest BCUT2D eigenvalue weighted by molar-refractivity contribution is 0.0429. The van der Waals surface area contributed by atoms with Crippen LogP contribution in [0.3, 0.4) is 0 Å². The maximum absolute atomic E-state index is 12.5. The van der Waals surface area contributed by atoms with Crippen molar-refractivity contribution >= 4 is 29.9 Å². The molecule has 0 spiro atoms. The molecule has 4 amide bonds. The summed E-state index contributed by atoms with van der Waals surface area (Å²) in [5.41, 5.74) is -2.09. The number of anilines is 1. The largest absolute Gasteiger partial charge is 0.465 e. The third-order valence-electron chi connectivity index (χ3n) is 2.62. The second kappa shape index (κ2) is 8.02. The Morgan fingerprint density at radius 3 is 1.85 bits per heavy atom. The van der Waals surface area contributed by atoms with Crippen molar-refractivity contribution in [3.63, 3.8) is 0 Å². The molecule has 0 unspecified atom stereocenters. The predicted octanol–water partition coefficient (Wildman–Crippen LogP) is 3.17. The Bertz CT molecular complexity index is 720. The van der Waals surface area contributed by atoms with Gasteiger partial charge in [0.1, 0.15) is 11.2 Å². The molecule has 1 aromatic heterocycles. The number of carbonyl (C=O) groups is 4. The lowest BCUT2D eigenvalue weighted by Gasteiger charge is -2.28. The van der Waals surface area contributed by atoms with Crippen molar-refractivity contribution in [1.29, 1.82) is 0 Å². The SMILES string of the molecule is CC(C)(C)OC(=O)N(C(=O)OC(C)(C)C)c1cncc(C(=O)NC(=O)O)c1. The van der Waals surface area contributed by atoms with Gasteiger partial charge >= 0.3 is 18.3 Å². The monoisotopic (exact) mass is 381 g/mol. The summed E-state index contributed by atoms with van der Waals surface area (Å²) >= 11 is 0. The molecule has 0 bridgehead atoms. The number of carboxylic acid groups (broad SMARTS) is 1. The lowest BCUT2D eigenvalue weighted by atomic mass is 10.2. The van der Waals surface area contributed by atoms with Crippen LogP contribution < -0.4 is 10.2 Å². The summed E-state index contributed by atoms with van der Waals surface area (Å²) in [5.74, 6) is -0.967. The molecule has 10 nitrogen and oxygen atoms in total. The van der Waals surface area contributed by atoms with Crippen LogP contribution in [0.1, 0.15) is 51.9 Å². The highest BCUT2D eigenvalue weighted by atomic mass is 16.6. The summed E-state index contributed by atoms with van der Waals surface area (Å²) in [5, 5.41) is 10.3. The number of amides is 4. The standard InChI is InChI=1S/C17H23N3O7/c1-16(2,3)26-14(24)20(15(25)27-17(4,5)6)11-7-10(8-18-9-11)12(21)19-13(22)23/h7-9H,1-6H3,(H,19,21)(H,22,23). The van der Waals surface area contributed by atoms with E-state index in [0.29, 0.717) is 4.90 Å². The second-order valence-electron chi connectivity index (χ2n) is 7.49. The molecule has 10 heteroatoms. The van der Waals surface area contributed by atoms with Crippen molar-refractivity contribution in [1.82, 2.24) is 10.3 Å². The van der Waals surface area contributed by atoms with Crippen LogP contribution in [0.25, 0.3) is 0 Å². The number of carbonyl (C=O) groups excluding carboxylic acids is 3. The Kier molecular flexibility index (Phi) is 6.50. The topological polar surface area (TPSA) is 135 Å². The summed E-state index contributed by atoms with van der Waals surface area (Å²) in [6, 6.07) is 1.12. The zero-order valence-electron chi connectivity index (χ0n) is 16.0. The maximum Gasteiger partial charge on any atom is 0.424 e. The quantitative estimate of drug-likeness (QED) is 0.797. The fourth-order valence-corrected chi connectivity index (χ4v) is 1.74. The summed E-state index contributed by atoms with van der Waals surface area (Å²) in [6.45, 7) is 9.71. The number of nitrogens with zero attached hydrogens (tertiary/aromatic N) is 2. The van der Waals surface area contributed by atoms with Crippen LogP contribution in [0.15, 0.2) is 18.5 Å². The van der Waals surface area contributed by atoms with Gasteiger partial charge < -0.3 is 14.6 Å². The zero-order chi connectivity index (χ0) is 21.0. The van der Waals surface area contributed by atoms with E-state index in [4.69, 9.17) is 14.6 Å². The molecular weight excluding hydrogens is 358 g/mol. The molecule has 0 atom stereocenters. The molecule has 0 aliphatic rings. The summed E-state index contributed by atoms with van der Waals surface area (Å²) < 4.78 is 10.4. The van der Waals surface area contributed by atoms with E-state index in [1.807, 2.05) is 0 Å². The summed E-state index contributed by atoms with van der Waals surface area (Å²) in [6.07, 6.45) is -1.39. The van der Waals surface area contributed by atoms with Gasteiger partial charge in [0.2, 0.25) is 0 Å². The Hall–Kier alpha value is -3.17. The molecule has 0 aromatic carbocycles. The van der Waals surface area contributed by atoms with Crippen LogP contribution in [-0.2, 0) is 9.47 Å². The second-order valence-corrected chi connectivity index (χ2v) is 7.49. The normalized spacial score (nSPS) is 11.3. The van der Waals surface area contributed by atoms with Gasteiger partial charge in [-0.25, -0.2) is 14.4 Å². The third kappa shape index (κ3) is 7.30. The van der Waals surface area contributed by atoms with Gasteiger partial charge in [0.15, 0.2) is 0 Å². The number of nitrogens with one attached hydrogen (secondary N) is 1. The summed E-state index contributed by atoms with van der Waals surface area (Å²) in [4.78, 5) is 51.9. The molecule has 27 heavy (non-hydrogen) atoms. The van der Waals surface area contributed by atoms with Crippen molar-refractivity contribution < 1.29 is 33.8 Å². The first-order valence-corrected chi connectivity index (χ1v) is 7.95. The van der Waals surface area contributed by atoms with E-state index in [2.05, 4.69) is 4.98 Å². The molecule has 2 N–H and O–H groups in total. The summed E-state index contributed by atoms with van der Waals surface area (Å²) in [7, 11) is 0. The lowest BCUT2D eigenvalue weighted by Crippen LogP contribution is -2.44. The molecule has 1 aromatic rings. The zero-order valence-corrected chi connectivity index (χ0v) is 16.0. The molecule has 0 saturated heterocycles. The first-order chi connectivity index (χ1) is 12.2. The fourth-order valence-electron chi connectivity index (χ4n) is 1.74. The van der Waals surface area contributed by atoms with Gasteiger partial charge in [-0.15, -0.1) is 0 Å². The molecule has 0 fully saturated rings. The van der Waals surface area contributed by atoms with E-state index in [-0.39, 0.29) is 11.3 Å². The molecule has 1 rings (SSSR count). The van der Waals surface area contributed by atoms with Gasteiger partial charge in [-0.05, 0) is 47.6 Å². The number of pyridine rings is 1. The molecule has 0 radical (unpaired) electrons. The Labute approximate surface area is 156 Å². The van der Waals surface area contributed by atoms with Gasteiger partial charge in [0, 0.05) is 6.20 Å². The van der Waals surface area contributed by atoms with E-state index < -0.39 is 35.4 Å². The van der Waals surface area contributed by atoms with E-state index in [0.717, 1.165) is 18.5 Å². The van der Waals surface area contributed by atoms with Crippen LogP contribution in [0, 0.1) is 0 Å². The number of imide groups is 2. The number of hydrogen-bond acceptors (Lipinski definition) is 7. The smallest absolute Gasteiger partial charge is 0.424 e. The fraction of sp³-hybridized carbons (Fsp3) is 0.471. The van der Waals surface area contributed by atoms with E-state index in [9.17, 15) is 19.2 Å². The maximum atomic E-state index is 12.5. The van der Waals surface area contributed by atoms with Gasteiger partial charge in [-0.3, -0.25) is 15.1 Å². The minimum Gasteiger partial charge on any atom is -0.465 e. The van der Waals surface area contributed by atoms with Crippen molar-refractivity contribution in [2.45, 2.75) is 52.7 Å². The van der Waals surface area contributed by atoms with Gasteiger partial charge in [0.05, 0.1) is 17.4 Å². The van der Waals surface area contributed by atoms with Crippen molar-refractivity contribution in [2.75, 3.05) is 4.90 Å². The Morgan fingerprint density at radius 2 is 1.44 bits per heavy atom. The molecule has 0 aliphatic heterocycles. The van der Waals surface area contributed by atoms with Crippen molar-refractivity contribution in [3.05, 3.63) is 24.0 Å². The number of rotatable bonds is 2. The van der Waals surface area contributed by atoms with Crippen molar-refractivity contribution in [2.24, 2.45) is 0 Å². The van der Waals surface area contributed by atoms with Gasteiger partial charge in [0.25, 0.3) is 5.91 Å². The minimum absolute atomic E-state index is 0.114. The Balaban J connectivity index is 3.30. The van der Waals surface area contributed by atoms with Crippen molar-refractivity contribution in [3.8, 4) is 0 Å². The highest BCUT2D eigenvalue weighted by Gasteiger charge is 2.33. The third-order valence-corrected chi connectivity index (χ3v) is 2.62. The molecule has 0 saturated carbocycles. The number of ether oxygens (including phenoxy) is 2. The number of aromatic nitrogens is 1. The first kappa shape index (κ1) is 21.9. The first-order valence-electron chi connectivity index (χ1n) is 7.95. The van der Waals surface area contributed by atoms with E-state index >= 15 is 0 Å². The van der Waals surface area contributed by atoms with Crippen LogP contribution in [0.5, 0.6) is 0 Å². The van der Waals surface area contributed by atoms with Crippen LogP contribution in [-0.4, -0.2) is 45.5 Å². The highest BCUT2D eigenvalue weighted by Crippen LogP contribution is 2.22. The molecule has 148 valence electrons. The molecule has 0 aliphatic carbocycles. The van der Waals surface area contributed by atoms with E-state index in [1.165, 1.54) is 0 Å². The minimum atomic E-state index is -1.55. The highest BCUT2D eigenvalue weighted by molar-refractivity contribution is 6.10. The predicted molar refractivity (Wildman–Crippen MR) is 94.7 cm³/mol.